The van der Waals surface area contributed by atoms with E-state index in [0.717, 1.165) is 4.99 Å². The SMILES string of the molecule is CC.CNC(=S)C1CCCCC1. The lowest BCUT2D eigenvalue weighted by Crippen LogP contribution is -2.26. The van der Waals surface area contributed by atoms with Gasteiger partial charge in [0.15, 0.2) is 0 Å². The quantitative estimate of drug-likeness (QED) is 0.633. The number of hydrogen-bond acceptors (Lipinski definition) is 1. The molecule has 0 aromatic rings. The van der Waals surface area contributed by atoms with Crippen molar-refractivity contribution >= 4 is 17.2 Å². The average molecular weight is 187 g/mol. The van der Waals surface area contributed by atoms with Crippen molar-refractivity contribution in [1.29, 1.82) is 0 Å². The number of nitrogens with one attached hydrogen (secondary N) is 1. The highest BCUT2D eigenvalue weighted by Gasteiger charge is 2.16. The summed E-state index contributed by atoms with van der Waals surface area (Å²) in [4.78, 5) is 1.07. The number of rotatable bonds is 1. The summed E-state index contributed by atoms with van der Waals surface area (Å²) < 4.78 is 0. The molecule has 0 heterocycles. The first kappa shape index (κ1) is 11.9. The molecule has 0 aliphatic heterocycles. The Morgan fingerprint density at radius 3 is 2.08 bits per heavy atom. The molecule has 0 amide bonds. The van der Waals surface area contributed by atoms with Crippen molar-refractivity contribution in [3.05, 3.63) is 0 Å². The lowest BCUT2D eigenvalue weighted by Gasteiger charge is -2.21. The minimum Gasteiger partial charge on any atom is -0.383 e. The van der Waals surface area contributed by atoms with E-state index >= 15 is 0 Å². The molecule has 1 fully saturated rings. The molecule has 1 saturated carbocycles. The van der Waals surface area contributed by atoms with E-state index in [1.165, 1.54) is 32.1 Å². The Hall–Kier alpha value is -0.110. The summed E-state index contributed by atoms with van der Waals surface area (Å²) in [7, 11) is 1.93. The topological polar surface area (TPSA) is 12.0 Å². The van der Waals surface area contributed by atoms with E-state index in [2.05, 4.69) is 5.32 Å². The van der Waals surface area contributed by atoms with E-state index in [9.17, 15) is 0 Å². The normalized spacial score (nSPS) is 17.6. The van der Waals surface area contributed by atoms with Crippen LogP contribution in [0.3, 0.4) is 0 Å². The highest BCUT2D eigenvalue weighted by molar-refractivity contribution is 7.80. The van der Waals surface area contributed by atoms with Gasteiger partial charge in [-0.15, -0.1) is 0 Å². The van der Waals surface area contributed by atoms with Gasteiger partial charge in [-0.2, -0.15) is 0 Å². The van der Waals surface area contributed by atoms with Gasteiger partial charge in [0.25, 0.3) is 0 Å². The van der Waals surface area contributed by atoms with Gasteiger partial charge >= 0.3 is 0 Å². The minimum absolute atomic E-state index is 0.689. The Bertz CT molecular complexity index is 117. The van der Waals surface area contributed by atoms with Gasteiger partial charge in [-0.05, 0) is 12.8 Å². The summed E-state index contributed by atoms with van der Waals surface area (Å²) in [6.45, 7) is 4.00. The van der Waals surface area contributed by atoms with Crippen LogP contribution in [-0.4, -0.2) is 12.0 Å². The molecule has 12 heavy (non-hydrogen) atoms. The molecule has 0 atom stereocenters. The van der Waals surface area contributed by atoms with Crippen molar-refractivity contribution in [2.75, 3.05) is 7.05 Å². The molecular weight excluding hydrogens is 166 g/mol. The first-order valence-corrected chi connectivity index (χ1v) is 5.47. The van der Waals surface area contributed by atoms with Crippen LogP contribution in [0.4, 0.5) is 0 Å². The van der Waals surface area contributed by atoms with Gasteiger partial charge in [-0.1, -0.05) is 45.3 Å². The molecule has 1 rings (SSSR count). The van der Waals surface area contributed by atoms with Crippen molar-refractivity contribution in [1.82, 2.24) is 5.32 Å². The fraction of sp³-hybridized carbons (Fsp3) is 0.900. The average Bonchev–Trinajstić information content (AvgIpc) is 2.21. The van der Waals surface area contributed by atoms with Crippen molar-refractivity contribution in [2.45, 2.75) is 46.0 Å². The third-order valence-corrected chi connectivity index (χ3v) is 2.76. The van der Waals surface area contributed by atoms with Crippen LogP contribution < -0.4 is 5.32 Å². The van der Waals surface area contributed by atoms with Crippen LogP contribution in [0, 0.1) is 5.92 Å². The standard InChI is InChI=1S/C8H15NS.C2H6/c1-9-8(10)7-5-3-2-4-6-7;1-2/h7H,2-6H2,1H3,(H,9,10);1-2H3. The summed E-state index contributed by atoms with van der Waals surface area (Å²) in [5.74, 6) is 0.689. The van der Waals surface area contributed by atoms with Gasteiger partial charge in [0.1, 0.15) is 0 Å². The Morgan fingerprint density at radius 2 is 1.67 bits per heavy atom. The molecule has 0 aromatic carbocycles. The number of thiocarbonyl (C=S) groups is 1. The van der Waals surface area contributed by atoms with Crippen LogP contribution >= 0.6 is 12.2 Å². The lowest BCUT2D eigenvalue weighted by molar-refractivity contribution is 0.437. The molecule has 0 bridgehead atoms. The Kier molecular flexibility index (Phi) is 7.47. The molecule has 1 aliphatic rings. The predicted octanol–water partition coefficient (Wildman–Crippen LogP) is 3.14. The molecule has 2 heteroatoms. The molecule has 1 aliphatic carbocycles. The molecule has 1 nitrogen and oxygen atoms in total. The summed E-state index contributed by atoms with van der Waals surface area (Å²) in [6, 6.07) is 0. The van der Waals surface area contributed by atoms with Crippen LogP contribution in [-0.2, 0) is 0 Å². The van der Waals surface area contributed by atoms with Gasteiger partial charge in [0.2, 0.25) is 0 Å². The lowest BCUT2D eigenvalue weighted by atomic mass is 9.89. The van der Waals surface area contributed by atoms with E-state index in [4.69, 9.17) is 12.2 Å². The van der Waals surface area contributed by atoms with Crippen molar-refractivity contribution in [2.24, 2.45) is 5.92 Å². The zero-order valence-corrected chi connectivity index (χ0v) is 9.34. The smallest absolute Gasteiger partial charge is 0.0782 e. The molecule has 72 valence electrons. The highest BCUT2D eigenvalue weighted by atomic mass is 32.1. The zero-order chi connectivity index (χ0) is 9.40. The zero-order valence-electron chi connectivity index (χ0n) is 8.52. The Balaban J connectivity index is 0.000000561. The summed E-state index contributed by atoms with van der Waals surface area (Å²) in [5, 5.41) is 3.07. The van der Waals surface area contributed by atoms with Gasteiger partial charge in [-0.3, -0.25) is 0 Å². The van der Waals surface area contributed by atoms with Crippen LogP contribution in [0.5, 0.6) is 0 Å². The largest absolute Gasteiger partial charge is 0.383 e. The molecule has 0 spiro atoms. The van der Waals surface area contributed by atoms with E-state index in [-0.39, 0.29) is 0 Å². The third-order valence-electron chi connectivity index (χ3n) is 2.22. The van der Waals surface area contributed by atoms with E-state index < -0.39 is 0 Å². The summed E-state index contributed by atoms with van der Waals surface area (Å²) >= 11 is 5.16. The minimum atomic E-state index is 0.689. The second kappa shape index (κ2) is 7.53. The van der Waals surface area contributed by atoms with E-state index in [1.54, 1.807) is 0 Å². The fourth-order valence-corrected chi connectivity index (χ4v) is 1.80. The third kappa shape index (κ3) is 4.05. The van der Waals surface area contributed by atoms with Gasteiger partial charge in [0, 0.05) is 13.0 Å². The second-order valence-corrected chi connectivity index (χ2v) is 3.39. The molecular formula is C10H21NS. The maximum Gasteiger partial charge on any atom is 0.0782 e. The maximum absolute atomic E-state index is 5.16. The fourth-order valence-electron chi connectivity index (χ4n) is 1.57. The van der Waals surface area contributed by atoms with Crippen molar-refractivity contribution in [3.63, 3.8) is 0 Å². The Labute approximate surface area is 81.9 Å². The van der Waals surface area contributed by atoms with Crippen LogP contribution in [0.15, 0.2) is 0 Å². The van der Waals surface area contributed by atoms with Crippen LogP contribution in [0.2, 0.25) is 0 Å². The predicted molar refractivity (Wildman–Crippen MR) is 59.6 cm³/mol. The molecule has 0 aromatic heterocycles. The molecule has 0 unspecified atom stereocenters. The van der Waals surface area contributed by atoms with Crippen LogP contribution in [0.25, 0.3) is 0 Å². The van der Waals surface area contributed by atoms with E-state index in [1.807, 2.05) is 20.9 Å². The molecule has 0 radical (unpaired) electrons. The van der Waals surface area contributed by atoms with Crippen molar-refractivity contribution in [3.8, 4) is 0 Å². The first-order chi connectivity index (χ1) is 5.84. The summed E-state index contributed by atoms with van der Waals surface area (Å²) in [5.41, 5.74) is 0. The van der Waals surface area contributed by atoms with Crippen LogP contribution in [0.1, 0.15) is 46.0 Å². The van der Waals surface area contributed by atoms with Gasteiger partial charge in [0.05, 0.1) is 4.99 Å². The summed E-state index contributed by atoms with van der Waals surface area (Å²) in [6.07, 6.45) is 6.75. The first-order valence-electron chi connectivity index (χ1n) is 5.06. The van der Waals surface area contributed by atoms with E-state index in [0.29, 0.717) is 5.92 Å². The Morgan fingerprint density at radius 1 is 1.17 bits per heavy atom. The molecule has 0 saturated heterocycles. The van der Waals surface area contributed by atoms with Crippen molar-refractivity contribution < 1.29 is 0 Å². The highest BCUT2D eigenvalue weighted by Crippen LogP contribution is 2.23. The second-order valence-electron chi connectivity index (χ2n) is 2.95. The molecule has 1 N–H and O–H groups in total. The number of hydrogen-bond donors (Lipinski definition) is 1. The van der Waals surface area contributed by atoms with Gasteiger partial charge in [-0.25, -0.2) is 0 Å². The monoisotopic (exact) mass is 187 g/mol. The van der Waals surface area contributed by atoms with Gasteiger partial charge < -0.3 is 5.32 Å². The maximum atomic E-state index is 5.16.